The molecule has 3 rings (SSSR count). The van der Waals surface area contributed by atoms with E-state index in [1.807, 2.05) is 0 Å². The van der Waals surface area contributed by atoms with Crippen molar-refractivity contribution in [3.63, 3.8) is 0 Å². The van der Waals surface area contributed by atoms with Crippen LogP contribution in [0.1, 0.15) is 96.8 Å². The molecular weight excluding hydrogens is 394 g/mol. The van der Waals surface area contributed by atoms with Gasteiger partial charge < -0.3 is 9.47 Å². The Morgan fingerprint density at radius 1 is 0.774 bits per heavy atom. The number of halogens is 2. The standard InChI is InChI=1S/C27H44F2O2/c1-2-6-21-15-17-25(18-16-21)27-30-19-24(20-31-27)8-4-3-7-22-11-13-23(14-12-22)9-5-10-26(28)29/h2,6,10,21-25,27H,3-5,7-9,11-20H2,1H3/b6-2+. The molecule has 0 atom stereocenters. The van der Waals surface area contributed by atoms with E-state index >= 15 is 0 Å². The lowest BCUT2D eigenvalue weighted by molar-refractivity contribution is -0.229. The van der Waals surface area contributed by atoms with E-state index < -0.39 is 6.08 Å². The summed E-state index contributed by atoms with van der Waals surface area (Å²) >= 11 is 0. The zero-order valence-electron chi connectivity index (χ0n) is 19.6. The zero-order chi connectivity index (χ0) is 21.9. The van der Waals surface area contributed by atoms with Gasteiger partial charge in [0.15, 0.2) is 6.29 Å². The molecular formula is C27H44F2O2. The lowest BCUT2D eigenvalue weighted by Gasteiger charge is -2.37. The second kappa shape index (κ2) is 13.7. The van der Waals surface area contributed by atoms with E-state index in [0.29, 0.717) is 24.2 Å². The topological polar surface area (TPSA) is 18.5 Å². The Morgan fingerprint density at radius 3 is 1.94 bits per heavy atom. The summed E-state index contributed by atoms with van der Waals surface area (Å²) in [7, 11) is 0. The molecule has 0 radical (unpaired) electrons. The van der Waals surface area contributed by atoms with Gasteiger partial charge in [-0.1, -0.05) is 57.1 Å². The molecule has 4 heteroatoms. The predicted octanol–water partition coefficient (Wildman–Crippen LogP) is 8.29. The molecule has 0 aromatic carbocycles. The van der Waals surface area contributed by atoms with E-state index in [9.17, 15) is 8.78 Å². The number of allylic oxidation sites excluding steroid dienone is 3. The number of rotatable bonds is 10. The molecule has 3 aliphatic rings. The smallest absolute Gasteiger partial charge is 0.266 e. The van der Waals surface area contributed by atoms with Crippen molar-refractivity contribution in [3.05, 3.63) is 24.3 Å². The van der Waals surface area contributed by atoms with Crippen LogP contribution < -0.4 is 0 Å². The fourth-order valence-electron chi connectivity index (χ4n) is 5.98. The highest BCUT2D eigenvalue weighted by Gasteiger charge is 2.31. The van der Waals surface area contributed by atoms with Crippen molar-refractivity contribution in [2.24, 2.45) is 29.6 Å². The van der Waals surface area contributed by atoms with Gasteiger partial charge in [-0.05, 0) is 75.7 Å². The molecule has 3 fully saturated rings. The Balaban J connectivity index is 1.20. The van der Waals surface area contributed by atoms with Crippen LogP contribution in [0.15, 0.2) is 24.3 Å². The number of hydrogen-bond acceptors (Lipinski definition) is 2. The van der Waals surface area contributed by atoms with Crippen LogP contribution in [-0.2, 0) is 9.47 Å². The van der Waals surface area contributed by atoms with Gasteiger partial charge in [-0.3, -0.25) is 0 Å². The first kappa shape index (κ1) is 24.9. The van der Waals surface area contributed by atoms with E-state index in [2.05, 4.69) is 19.1 Å². The van der Waals surface area contributed by atoms with Gasteiger partial charge in [-0.2, -0.15) is 8.78 Å². The Kier molecular flexibility index (Phi) is 11.0. The molecule has 0 N–H and O–H groups in total. The van der Waals surface area contributed by atoms with Crippen LogP contribution in [-0.4, -0.2) is 19.5 Å². The fourth-order valence-corrected chi connectivity index (χ4v) is 5.98. The first-order valence-electron chi connectivity index (χ1n) is 13.0. The normalized spacial score (nSPS) is 34.7. The van der Waals surface area contributed by atoms with Crippen LogP contribution in [0.5, 0.6) is 0 Å². The predicted molar refractivity (Wildman–Crippen MR) is 123 cm³/mol. The molecule has 1 heterocycles. The summed E-state index contributed by atoms with van der Waals surface area (Å²) < 4.78 is 36.6. The summed E-state index contributed by atoms with van der Waals surface area (Å²) in [6.45, 7) is 3.86. The third-order valence-electron chi connectivity index (χ3n) is 7.97. The molecule has 2 saturated carbocycles. The highest BCUT2D eigenvalue weighted by Crippen LogP contribution is 2.36. The van der Waals surface area contributed by atoms with E-state index in [1.54, 1.807) is 0 Å². The summed E-state index contributed by atoms with van der Waals surface area (Å²) in [6, 6.07) is 0. The summed E-state index contributed by atoms with van der Waals surface area (Å²) in [5, 5.41) is 0. The van der Waals surface area contributed by atoms with E-state index in [-0.39, 0.29) is 6.29 Å². The number of unbranched alkanes of at least 4 members (excludes halogenated alkanes) is 1. The SMILES string of the molecule is C/C=C/C1CCC(C2OCC(CCCCC3CCC(CCC=C(F)F)CC3)CO2)CC1. The van der Waals surface area contributed by atoms with Crippen molar-refractivity contribution in [2.75, 3.05) is 13.2 Å². The maximum absolute atomic E-state index is 12.1. The number of ether oxygens (including phenoxy) is 2. The minimum Gasteiger partial charge on any atom is -0.352 e. The summed E-state index contributed by atoms with van der Waals surface area (Å²) in [5.74, 6) is 3.43. The molecule has 2 aliphatic carbocycles. The van der Waals surface area contributed by atoms with E-state index in [1.165, 1.54) is 77.0 Å². The lowest BCUT2D eigenvalue weighted by atomic mass is 9.78. The van der Waals surface area contributed by atoms with Crippen LogP contribution >= 0.6 is 0 Å². The third-order valence-corrected chi connectivity index (χ3v) is 7.97. The molecule has 1 aliphatic heterocycles. The quantitative estimate of drug-likeness (QED) is 0.252. The van der Waals surface area contributed by atoms with Gasteiger partial charge in [0.05, 0.1) is 13.2 Å². The Bertz CT molecular complexity index is 533. The van der Waals surface area contributed by atoms with E-state index in [4.69, 9.17) is 9.47 Å². The maximum Gasteiger partial charge on any atom is 0.266 e. The summed E-state index contributed by atoms with van der Waals surface area (Å²) in [6.07, 6.45) is 20.8. The van der Waals surface area contributed by atoms with Gasteiger partial charge in [0.2, 0.25) is 0 Å². The lowest BCUT2D eigenvalue weighted by Crippen LogP contribution is -2.38. The van der Waals surface area contributed by atoms with Crippen molar-refractivity contribution in [3.8, 4) is 0 Å². The average Bonchev–Trinajstić information content (AvgIpc) is 2.79. The molecule has 0 bridgehead atoms. The van der Waals surface area contributed by atoms with Crippen LogP contribution in [0, 0.1) is 29.6 Å². The Morgan fingerprint density at radius 2 is 1.35 bits per heavy atom. The minimum atomic E-state index is -1.52. The van der Waals surface area contributed by atoms with Crippen LogP contribution in [0.3, 0.4) is 0 Å². The van der Waals surface area contributed by atoms with Gasteiger partial charge in [-0.15, -0.1) is 0 Å². The van der Waals surface area contributed by atoms with Gasteiger partial charge in [0.1, 0.15) is 0 Å². The molecule has 0 amide bonds. The molecule has 178 valence electrons. The largest absolute Gasteiger partial charge is 0.352 e. The minimum absolute atomic E-state index is 0.0369. The second-order valence-electron chi connectivity index (χ2n) is 10.3. The van der Waals surface area contributed by atoms with Crippen molar-refractivity contribution in [2.45, 2.75) is 103 Å². The maximum atomic E-state index is 12.1. The van der Waals surface area contributed by atoms with Gasteiger partial charge in [0, 0.05) is 11.8 Å². The molecule has 2 nitrogen and oxygen atoms in total. The van der Waals surface area contributed by atoms with Crippen LogP contribution in [0.25, 0.3) is 0 Å². The highest BCUT2D eigenvalue weighted by molar-refractivity contribution is 4.89. The summed E-state index contributed by atoms with van der Waals surface area (Å²) in [4.78, 5) is 0. The second-order valence-corrected chi connectivity index (χ2v) is 10.3. The monoisotopic (exact) mass is 438 g/mol. The Labute approximate surface area is 188 Å². The van der Waals surface area contributed by atoms with Crippen molar-refractivity contribution in [1.29, 1.82) is 0 Å². The molecule has 0 spiro atoms. The summed E-state index contributed by atoms with van der Waals surface area (Å²) in [5.41, 5.74) is 0. The molecule has 0 unspecified atom stereocenters. The molecule has 0 aromatic heterocycles. The Hall–Kier alpha value is -0.740. The molecule has 31 heavy (non-hydrogen) atoms. The van der Waals surface area contributed by atoms with Gasteiger partial charge in [0.25, 0.3) is 6.08 Å². The fraction of sp³-hybridized carbons (Fsp3) is 0.852. The first-order valence-corrected chi connectivity index (χ1v) is 13.0. The highest BCUT2D eigenvalue weighted by atomic mass is 19.3. The first-order chi connectivity index (χ1) is 15.1. The number of hydrogen-bond donors (Lipinski definition) is 0. The van der Waals surface area contributed by atoms with Gasteiger partial charge >= 0.3 is 0 Å². The van der Waals surface area contributed by atoms with E-state index in [0.717, 1.165) is 37.5 Å². The average molecular weight is 439 g/mol. The molecule has 1 saturated heterocycles. The zero-order valence-corrected chi connectivity index (χ0v) is 19.6. The van der Waals surface area contributed by atoms with Crippen LogP contribution in [0.2, 0.25) is 0 Å². The van der Waals surface area contributed by atoms with Gasteiger partial charge in [-0.25, -0.2) is 0 Å². The van der Waals surface area contributed by atoms with Crippen molar-refractivity contribution < 1.29 is 18.3 Å². The van der Waals surface area contributed by atoms with Crippen LogP contribution in [0.4, 0.5) is 8.78 Å². The third kappa shape index (κ3) is 8.96. The van der Waals surface area contributed by atoms with Crippen molar-refractivity contribution in [1.82, 2.24) is 0 Å². The van der Waals surface area contributed by atoms with Crippen molar-refractivity contribution >= 4 is 0 Å². The molecule has 0 aromatic rings.